The summed E-state index contributed by atoms with van der Waals surface area (Å²) in [4.78, 5) is 17.5. The highest BCUT2D eigenvalue weighted by Crippen LogP contribution is 2.37. The molecular formula is C23H20N6S. The van der Waals surface area contributed by atoms with E-state index in [2.05, 4.69) is 93.5 Å². The van der Waals surface area contributed by atoms with Crippen LogP contribution >= 0.6 is 11.3 Å². The van der Waals surface area contributed by atoms with E-state index in [0.29, 0.717) is 0 Å². The molecule has 0 aliphatic heterocycles. The van der Waals surface area contributed by atoms with Crippen LogP contribution in [-0.4, -0.2) is 31.8 Å². The van der Waals surface area contributed by atoms with E-state index in [1.165, 1.54) is 22.3 Å². The smallest absolute Gasteiger partial charge is 0.141 e. The number of thiophene rings is 1. The van der Waals surface area contributed by atoms with Crippen molar-refractivity contribution in [3.05, 3.63) is 85.2 Å². The van der Waals surface area contributed by atoms with Crippen LogP contribution in [0, 0.1) is 0 Å². The van der Waals surface area contributed by atoms with Crippen molar-refractivity contribution < 1.29 is 0 Å². The van der Waals surface area contributed by atoms with E-state index in [0.717, 1.165) is 21.7 Å². The molecule has 30 heavy (non-hydrogen) atoms. The lowest BCUT2D eigenvalue weighted by Crippen LogP contribution is -2.22. The molecule has 2 aromatic carbocycles. The van der Waals surface area contributed by atoms with E-state index in [4.69, 9.17) is 0 Å². The molecule has 0 fully saturated rings. The molecule has 5 rings (SSSR count). The van der Waals surface area contributed by atoms with E-state index < -0.39 is 0 Å². The molecule has 6 nitrogen and oxygen atoms in total. The lowest BCUT2D eigenvalue weighted by Gasteiger charge is -2.27. The van der Waals surface area contributed by atoms with Gasteiger partial charge in [0.05, 0.1) is 17.1 Å². The van der Waals surface area contributed by atoms with Crippen LogP contribution in [0.2, 0.25) is 0 Å². The highest BCUT2D eigenvalue weighted by atomic mass is 32.1. The van der Waals surface area contributed by atoms with Gasteiger partial charge in [0.25, 0.3) is 0 Å². The van der Waals surface area contributed by atoms with Gasteiger partial charge >= 0.3 is 0 Å². The first-order chi connectivity index (χ1) is 14.7. The highest BCUT2D eigenvalue weighted by molar-refractivity contribution is 7.21. The number of aromatic nitrogens is 5. The number of hydrogen-bond donors (Lipinski definition) is 0. The lowest BCUT2D eigenvalue weighted by atomic mass is 10.1. The minimum atomic E-state index is 0.146. The molecular weight excluding hydrogens is 392 g/mol. The average Bonchev–Trinajstić information content (AvgIpc) is 3.49. The van der Waals surface area contributed by atoms with Crippen LogP contribution in [0.15, 0.2) is 79.6 Å². The zero-order chi connectivity index (χ0) is 20.5. The Balaban J connectivity index is 1.46. The summed E-state index contributed by atoms with van der Waals surface area (Å²) in [5, 5.41) is 5.26. The molecule has 148 valence electrons. The molecule has 1 atom stereocenters. The van der Waals surface area contributed by atoms with Crippen LogP contribution in [0.4, 0.5) is 5.82 Å². The molecule has 0 aliphatic carbocycles. The number of nitrogens with zero attached hydrogens (tertiary/aromatic N) is 6. The Bertz CT molecular complexity index is 1260. The molecule has 0 aliphatic rings. The van der Waals surface area contributed by atoms with Crippen molar-refractivity contribution in [2.45, 2.75) is 13.0 Å². The molecule has 0 unspecified atom stereocenters. The van der Waals surface area contributed by atoms with Gasteiger partial charge in [0, 0.05) is 11.9 Å². The maximum atomic E-state index is 4.62. The number of hydrogen-bond acceptors (Lipinski definition) is 6. The second-order valence-corrected chi connectivity index (χ2v) is 8.14. The number of anilines is 1. The van der Waals surface area contributed by atoms with E-state index in [1.807, 2.05) is 6.07 Å². The number of rotatable bonds is 5. The third-order valence-electron chi connectivity index (χ3n) is 5.34. The molecule has 3 heterocycles. The van der Waals surface area contributed by atoms with Crippen molar-refractivity contribution in [2.75, 3.05) is 11.9 Å². The molecule has 3 aromatic heterocycles. The summed E-state index contributed by atoms with van der Waals surface area (Å²) in [6, 6.07) is 21.1. The van der Waals surface area contributed by atoms with E-state index in [9.17, 15) is 0 Å². The van der Waals surface area contributed by atoms with Gasteiger partial charge in [0.15, 0.2) is 0 Å². The zero-order valence-electron chi connectivity index (χ0n) is 16.7. The molecule has 0 amide bonds. The van der Waals surface area contributed by atoms with Crippen LogP contribution in [-0.2, 0) is 0 Å². The van der Waals surface area contributed by atoms with Crippen molar-refractivity contribution in [2.24, 2.45) is 0 Å². The summed E-state index contributed by atoms with van der Waals surface area (Å²) in [6.07, 6.45) is 4.89. The highest BCUT2D eigenvalue weighted by Gasteiger charge is 2.18. The molecule has 0 spiro atoms. The fourth-order valence-electron chi connectivity index (χ4n) is 3.52. The Morgan fingerprint density at radius 3 is 2.50 bits per heavy atom. The molecule has 0 saturated carbocycles. The molecule has 0 N–H and O–H groups in total. The van der Waals surface area contributed by atoms with Crippen LogP contribution < -0.4 is 4.90 Å². The van der Waals surface area contributed by atoms with Gasteiger partial charge in [-0.2, -0.15) is 5.10 Å². The fraction of sp³-hybridized carbons (Fsp3) is 0.130. The molecule has 7 heteroatoms. The summed E-state index contributed by atoms with van der Waals surface area (Å²) < 4.78 is 1.75. The molecule has 0 radical (unpaired) electrons. The first-order valence-electron chi connectivity index (χ1n) is 9.68. The van der Waals surface area contributed by atoms with Crippen LogP contribution in [0.3, 0.4) is 0 Å². The Labute approximate surface area is 178 Å². The van der Waals surface area contributed by atoms with Crippen LogP contribution in [0.5, 0.6) is 0 Å². The maximum Gasteiger partial charge on any atom is 0.141 e. The quantitative estimate of drug-likeness (QED) is 0.400. The zero-order valence-corrected chi connectivity index (χ0v) is 17.5. The minimum Gasteiger partial charge on any atom is -0.352 e. The Hall–Kier alpha value is -3.58. The van der Waals surface area contributed by atoms with Gasteiger partial charge in [-0.1, -0.05) is 42.5 Å². The van der Waals surface area contributed by atoms with Gasteiger partial charge in [-0.15, -0.1) is 11.3 Å². The van der Waals surface area contributed by atoms with Crippen molar-refractivity contribution >= 4 is 27.4 Å². The third kappa shape index (κ3) is 3.33. The Morgan fingerprint density at radius 2 is 1.77 bits per heavy atom. The Morgan fingerprint density at radius 1 is 0.967 bits per heavy atom. The van der Waals surface area contributed by atoms with Gasteiger partial charge in [0.2, 0.25) is 0 Å². The molecule has 0 bridgehead atoms. The van der Waals surface area contributed by atoms with Gasteiger partial charge < -0.3 is 4.90 Å². The monoisotopic (exact) mass is 412 g/mol. The second-order valence-electron chi connectivity index (χ2n) is 7.11. The van der Waals surface area contributed by atoms with E-state index >= 15 is 0 Å². The van der Waals surface area contributed by atoms with Gasteiger partial charge in [-0.3, -0.25) is 0 Å². The SMILES string of the molecule is C[C@H](c1ccc(-n2cncn2)cc1)N(C)c1ncnc2sc(-c3ccccc3)cc12. The standard InChI is InChI=1S/C23H20N6S/c1-16(17-8-10-19(11-9-17)29-15-24-13-27-29)28(2)22-20-12-21(18-6-4-3-5-7-18)30-23(20)26-14-25-22/h3-16H,1-2H3/t16-/m1/s1. The third-order valence-corrected chi connectivity index (χ3v) is 6.43. The molecule has 0 saturated heterocycles. The summed E-state index contributed by atoms with van der Waals surface area (Å²) in [5.74, 6) is 0.936. The maximum absolute atomic E-state index is 4.62. The average molecular weight is 413 g/mol. The summed E-state index contributed by atoms with van der Waals surface area (Å²) in [6.45, 7) is 2.18. The van der Waals surface area contributed by atoms with Gasteiger partial charge in [-0.05, 0) is 36.2 Å². The first-order valence-corrected chi connectivity index (χ1v) is 10.5. The van der Waals surface area contributed by atoms with Crippen LogP contribution in [0.1, 0.15) is 18.5 Å². The minimum absolute atomic E-state index is 0.146. The summed E-state index contributed by atoms with van der Waals surface area (Å²) >= 11 is 1.70. The van der Waals surface area contributed by atoms with Crippen LogP contribution in [0.25, 0.3) is 26.3 Å². The van der Waals surface area contributed by atoms with E-state index in [1.54, 1.807) is 28.7 Å². The van der Waals surface area contributed by atoms with Gasteiger partial charge in [-0.25, -0.2) is 19.6 Å². The van der Waals surface area contributed by atoms with Crippen molar-refractivity contribution in [1.82, 2.24) is 24.7 Å². The normalized spacial score (nSPS) is 12.2. The second kappa shape index (κ2) is 7.68. The number of fused-ring (bicyclic) bond motifs is 1. The lowest BCUT2D eigenvalue weighted by molar-refractivity contribution is 0.730. The number of benzene rings is 2. The largest absolute Gasteiger partial charge is 0.352 e. The predicted molar refractivity (Wildman–Crippen MR) is 121 cm³/mol. The van der Waals surface area contributed by atoms with E-state index in [-0.39, 0.29) is 6.04 Å². The topological polar surface area (TPSA) is 59.7 Å². The summed E-state index contributed by atoms with van der Waals surface area (Å²) in [5.41, 5.74) is 3.39. The van der Waals surface area contributed by atoms with Crippen molar-refractivity contribution in [3.8, 4) is 16.1 Å². The fourth-order valence-corrected chi connectivity index (χ4v) is 4.52. The van der Waals surface area contributed by atoms with Crippen molar-refractivity contribution in [1.29, 1.82) is 0 Å². The first kappa shape index (κ1) is 18.4. The predicted octanol–water partition coefficient (Wildman–Crippen LogP) is 5.14. The summed E-state index contributed by atoms with van der Waals surface area (Å²) in [7, 11) is 2.08. The van der Waals surface area contributed by atoms with Crippen molar-refractivity contribution in [3.63, 3.8) is 0 Å². The molecule has 5 aromatic rings. The Kier molecular flexibility index (Phi) is 4.72. The van der Waals surface area contributed by atoms with Gasteiger partial charge in [0.1, 0.15) is 29.6 Å².